The molecule has 1 aromatic rings. The number of rotatable bonds is 3. The van der Waals surface area contributed by atoms with Gasteiger partial charge >= 0.3 is 5.97 Å². The lowest BCUT2D eigenvalue weighted by molar-refractivity contribution is -0.142. The lowest BCUT2D eigenvalue weighted by atomic mass is 10.1. The first-order valence-corrected chi connectivity index (χ1v) is 5.19. The van der Waals surface area contributed by atoms with Crippen LogP contribution in [0.25, 0.3) is 0 Å². The molecule has 0 fully saturated rings. The molecule has 0 aliphatic rings. The van der Waals surface area contributed by atoms with Crippen molar-refractivity contribution in [3.05, 3.63) is 28.0 Å². The number of esters is 1. The number of hydrogen-bond donors (Lipinski definition) is 0. The quantitative estimate of drug-likeness (QED) is 0.780. The standard InChI is InChI=1S/C10H12BrNO2/c1-3-14-10(13)5-8-4-9(11)6-12-7(8)2/h4,6H,3,5H2,1-2H3. The third kappa shape index (κ3) is 3.10. The number of hydrogen-bond acceptors (Lipinski definition) is 3. The molecule has 1 rings (SSSR count). The molecule has 3 nitrogen and oxygen atoms in total. The molecule has 0 amide bonds. The van der Waals surface area contributed by atoms with Crippen LogP contribution in [0.2, 0.25) is 0 Å². The van der Waals surface area contributed by atoms with E-state index >= 15 is 0 Å². The Labute approximate surface area is 91.6 Å². The summed E-state index contributed by atoms with van der Waals surface area (Å²) in [5, 5.41) is 0. The summed E-state index contributed by atoms with van der Waals surface area (Å²) in [6.07, 6.45) is 2.00. The molecule has 0 atom stereocenters. The van der Waals surface area contributed by atoms with Crippen LogP contribution in [0.5, 0.6) is 0 Å². The van der Waals surface area contributed by atoms with Crippen LogP contribution >= 0.6 is 15.9 Å². The molecule has 0 aromatic carbocycles. The highest BCUT2D eigenvalue weighted by atomic mass is 79.9. The summed E-state index contributed by atoms with van der Waals surface area (Å²) in [5.41, 5.74) is 1.76. The van der Waals surface area contributed by atoms with Crippen molar-refractivity contribution in [1.82, 2.24) is 4.98 Å². The van der Waals surface area contributed by atoms with Crippen molar-refractivity contribution in [3.63, 3.8) is 0 Å². The van der Waals surface area contributed by atoms with E-state index in [1.165, 1.54) is 0 Å². The number of pyridine rings is 1. The highest BCUT2D eigenvalue weighted by Crippen LogP contribution is 2.14. The van der Waals surface area contributed by atoms with Gasteiger partial charge in [0.05, 0.1) is 13.0 Å². The number of carbonyl (C=O) groups is 1. The van der Waals surface area contributed by atoms with E-state index in [0.717, 1.165) is 15.7 Å². The van der Waals surface area contributed by atoms with Gasteiger partial charge in [-0.2, -0.15) is 0 Å². The minimum atomic E-state index is -0.212. The Morgan fingerprint density at radius 2 is 2.36 bits per heavy atom. The van der Waals surface area contributed by atoms with Crippen molar-refractivity contribution < 1.29 is 9.53 Å². The summed E-state index contributed by atoms with van der Waals surface area (Å²) in [6, 6.07) is 1.89. The van der Waals surface area contributed by atoms with Crippen molar-refractivity contribution in [2.24, 2.45) is 0 Å². The Morgan fingerprint density at radius 1 is 1.64 bits per heavy atom. The molecule has 1 heterocycles. The normalized spacial score (nSPS) is 9.93. The van der Waals surface area contributed by atoms with E-state index in [9.17, 15) is 4.79 Å². The molecular formula is C10H12BrNO2. The minimum absolute atomic E-state index is 0.212. The topological polar surface area (TPSA) is 39.2 Å². The van der Waals surface area contributed by atoms with Crippen LogP contribution in [0.4, 0.5) is 0 Å². The molecule has 4 heteroatoms. The van der Waals surface area contributed by atoms with Crippen molar-refractivity contribution >= 4 is 21.9 Å². The van der Waals surface area contributed by atoms with E-state index < -0.39 is 0 Å². The van der Waals surface area contributed by atoms with Crippen LogP contribution in [0, 0.1) is 6.92 Å². The second kappa shape index (κ2) is 5.10. The molecular weight excluding hydrogens is 246 g/mol. The van der Waals surface area contributed by atoms with Crippen molar-refractivity contribution in [2.45, 2.75) is 20.3 Å². The van der Waals surface area contributed by atoms with Gasteiger partial charge in [-0.05, 0) is 41.4 Å². The summed E-state index contributed by atoms with van der Waals surface area (Å²) < 4.78 is 5.74. The maximum Gasteiger partial charge on any atom is 0.310 e. The third-order valence-corrected chi connectivity index (χ3v) is 2.23. The van der Waals surface area contributed by atoms with E-state index in [2.05, 4.69) is 20.9 Å². The van der Waals surface area contributed by atoms with Gasteiger partial charge in [-0.3, -0.25) is 9.78 Å². The molecule has 1 aromatic heterocycles. The summed E-state index contributed by atoms with van der Waals surface area (Å²) in [5.74, 6) is -0.212. The highest BCUT2D eigenvalue weighted by Gasteiger charge is 2.07. The minimum Gasteiger partial charge on any atom is -0.466 e. The van der Waals surface area contributed by atoms with Crippen LogP contribution in [0.3, 0.4) is 0 Å². The lowest BCUT2D eigenvalue weighted by Crippen LogP contribution is -2.09. The number of aryl methyl sites for hydroxylation is 1. The van der Waals surface area contributed by atoms with Crippen LogP contribution in [0.1, 0.15) is 18.2 Å². The predicted molar refractivity (Wildman–Crippen MR) is 57.0 cm³/mol. The van der Waals surface area contributed by atoms with E-state index in [4.69, 9.17) is 4.74 Å². The van der Waals surface area contributed by atoms with Crippen LogP contribution in [0.15, 0.2) is 16.7 Å². The molecule has 76 valence electrons. The van der Waals surface area contributed by atoms with Crippen molar-refractivity contribution in [1.29, 1.82) is 0 Å². The molecule has 0 aliphatic heterocycles. The Bertz CT molecular complexity index is 339. The lowest BCUT2D eigenvalue weighted by Gasteiger charge is -2.04. The molecule has 0 saturated heterocycles. The first kappa shape index (κ1) is 11.2. The number of aromatic nitrogens is 1. The molecule has 0 saturated carbocycles. The molecule has 14 heavy (non-hydrogen) atoms. The van der Waals surface area contributed by atoms with Crippen LogP contribution < -0.4 is 0 Å². The third-order valence-electron chi connectivity index (χ3n) is 1.80. The molecule has 0 bridgehead atoms. The Balaban J connectivity index is 2.75. The predicted octanol–water partition coefficient (Wildman–Crippen LogP) is 2.26. The van der Waals surface area contributed by atoms with Gasteiger partial charge in [-0.25, -0.2) is 0 Å². The molecule has 0 spiro atoms. The van der Waals surface area contributed by atoms with Crippen molar-refractivity contribution in [3.8, 4) is 0 Å². The van der Waals surface area contributed by atoms with Gasteiger partial charge in [0.1, 0.15) is 0 Å². The van der Waals surface area contributed by atoms with Gasteiger partial charge < -0.3 is 4.74 Å². The zero-order valence-corrected chi connectivity index (χ0v) is 9.80. The van der Waals surface area contributed by atoms with Gasteiger partial charge in [-0.1, -0.05) is 0 Å². The summed E-state index contributed by atoms with van der Waals surface area (Å²) >= 11 is 3.31. The van der Waals surface area contributed by atoms with Crippen LogP contribution in [-0.2, 0) is 16.0 Å². The summed E-state index contributed by atoms with van der Waals surface area (Å²) in [6.45, 7) is 4.09. The maximum absolute atomic E-state index is 11.2. The summed E-state index contributed by atoms with van der Waals surface area (Å²) in [4.78, 5) is 15.3. The zero-order valence-electron chi connectivity index (χ0n) is 8.21. The largest absolute Gasteiger partial charge is 0.466 e. The SMILES string of the molecule is CCOC(=O)Cc1cc(Br)cnc1C. The fourth-order valence-electron chi connectivity index (χ4n) is 1.10. The second-order valence-electron chi connectivity index (χ2n) is 2.88. The van der Waals surface area contributed by atoms with E-state index in [1.807, 2.05) is 13.0 Å². The smallest absolute Gasteiger partial charge is 0.310 e. The molecule has 0 aliphatic carbocycles. The Hall–Kier alpha value is -0.900. The highest BCUT2D eigenvalue weighted by molar-refractivity contribution is 9.10. The fourth-order valence-corrected chi connectivity index (χ4v) is 1.47. The fraction of sp³-hybridized carbons (Fsp3) is 0.400. The van der Waals surface area contributed by atoms with Gasteiger partial charge in [0, 0.05) is 16.4 Å². The van der Waals surface area contributed by atoms with Gasteiger partial charge in [0.2, 0.25) is 0 Å². The molecule has 0 radical (unpaired) electrons. The number of carbonyl (C=O) groups excluding carboxylic acids is 1. The van der Waals surface area contributed by atoms with Gasteiger partial charge in [0.25, 0.3) is 0 Å². The molecule has 0 N–H and O–H groups in total. The summed E-state index contributed by atoms with van der Waals surface area (Å²) in [7, 11) is 0. The van der Waals surface area contributed by atoms with E-state index in [-0.39, 0.29) is 12.4 Å². The average Bonchev–Trinajstić information content (AvgIpc) is 2.12. The maximum atomic E-state index is 11.2. The first-order valence-electron chi connectivity index (χ1n) is 4.40. The van der Waals surface area contributed by atoms with Crippen LogP contribution in [-0.4, -0.2) is 17.6 Å². The molecule has 0 unspecified atom stereocenters. The Morgan fingerprint density at radius 3 is 3.00 bits per heavy atom. The number of nitrogens with zero attached hydrogens (tertiary/aromatic N) is 1. The average molecular weight is 258 g/mol. The van der Waals surface area contributed by atoms with E-state index in [1.54, 1.807) is 13.1 Å². The number of halogens is 1. The van der Waals surface area contributed by atoms with Gasteiger partial charge in [-0.15, -0.1) is 0 Å². The Kier molecular flexibility index (Phi) is 4.07. The second-order valence-corrected chi connectivity index (χ2v) is 3.80. The first-order chi connectivity index (χ1) is 6.63. The van der Waals surface area contributed by atoms with Gasteiger partial charge in [0.15, 0.2) is 0 Å². The van der Waals surface area contributed by atoms with Crippen molar-refractivity contribution in [2.75, 3.05) is 6.61 Å². The monoisotopic (exact) mass is 257 g/mol. The van der Waals surface area contributed by atoms with E-state index in [0.29, 0.717) is 6.61 Å². The number of ether oxygens (including phenoxy) is 1. The zero-order chi connectivity index (χ0) is 10.6.